The molecule has 0 heterocycles. The molecule has 0 bridgehead atoms. The Morgan fingerprint density at radius 3 is 0.984 bits per heavy atom. The van der Waals surface area contributed by atoms with Crippen LogP contribution in [0.5, 0.6) is 0 Å². The van der Waals surface area contributed by atoms with E-state index >= 15 is 0 Å². The molecule has 0 atom stereocenters. The molecule has 0 saturated heterocycles. The summed E-state index contributed by atoms with van der Waals surface area (Å²) in [6, 6.07) is 14.5. The summed E-state index contributed by atoms with van der Waals surface area (Å²) >= 11 is 0. The van der Waals surface area contributed by atoms with Crippen molar-refractivity contribution in [3.8, 4) is 0 Å². The summed E-state index contributed by atoms with van der Waals surface area (Å²) in [4.78, 5) is 11.2. The van der Waals surface area contributed by atoms with Crippen LogP contribution < -0.4 is 0 Å². The van der Waals surface area contributed by atoms with Crippen molar-refractivity contribution >= 4 is 22.8 Å². The molecule has 0 aliphatic rings. The summed E-state index contributed by atoms with van der Waals surface area (Å²) in [6.07, 6.45) is 56.0. The molecule has 0 spiro atoms. The number of unbranched alkanes of at least 4 members (excludes halogenated alkanes) is 28. The SMILES string of the molecule is CCCCCCCCCCCCCCCCCCCCCC=CC(=Nc1cc(CCCC)cc(CCCC)c1)C(CCCCCCCC)=Nc1cc(CCCC)cc(CCCC)c1. The summed E-state index contributed by atoms with van der Waals surface area (Å²) in [5, 5.41) is 0. The van der Waals surface area contributed by atoms with Crippen molar-refractivity contribution in [3.63, 3.8) is 0 Å². The molecule has 0 aliphatic carbocycles. The van der Waals surface area contributed by atoms with Crippen molar-refractivity contribution in [2.75, 3.05) is 0 Å². The van der Waals surface area contributed by atoms with Crippen molar-refractivity contribution in [2.24, 2.45) is 9.98 Å². The minimum atomic E-state index is 0.982. The van der Waals surface area contributed by atoms with Crippen molar-refractivity contribution in [2.45, 2.75) is 292 Å². The molecule has 0 radical (unpaired) electrons. The van der Waals surface area contributed by atoms with Gasteiger partial charge in [-0.25, -0.2) is 4.99 Å². The largest absolute Gasteiger partial charge is 0.251 e. The molecule has 0 aromatic heterocycles. The number of nitrogens with zero attached hydrogens (tertiary/aromatic N) is 2. The summed E-state index contributed by atoms with van der Waals surface area (Å²) in [7, 11) is 0. The van der Waals surface area contributed by atoms with Crippen molar-refractivity contribution in [3.05, 3.63) is 70.8 Å². The maximum absolute atomic E-state index is 5.61. The summed E-state index contributed by atoms with van der Waals surface area (Å²) in [5.41, 5.74) is 10.3. The maximum atomic E-state index is 5.61. The van der Waals surface area contributed by atoms with Gasteiger partial charge in [-0.05, 0) is 130 Å². The minimum absolute atomic E-state index is 0.982. The Labute approximate surface area is 393 Å². The average Bonchev–Trinajstić information content (AvgIpc) is 3.29. The Hall–Kier alpha value is -2.48. The maximum Gasteiger partial charge on any atom is 0.0848 e. The van der Waals surface area contributed by atoms with Crippen molar-refractivity contribution in [1.82, 2.24) is 0 Å². The first-order valence-corrected chi connectivity index (χ1v) is 28.1. The lowest BCUT2D eigenvalue weighted by Gasteiger charge is -2.12. The number of aryl methyl sites for hydroxylation is 4. The minimum Gasteiger partial charge on any atom is -0.251 e. The number of hydrogen-bond acceptors (Lipinski definition) is 2. The Balaban J connectivity index is 2.17. The molecule has 0 N–H and O–H groups in total. The van der Waals surface area contributed by atoms with Gasteiger partial charge in [0.05, 0.1) is 22.8 Å². The Morgan fingerprint density at radius 1 is 0.333 bits per heavy atom. The van der Waals surface area contributed by atoms with E-state index in [1.807, 2.05) is 0 Å². The number of rotatable bonds is 43. The van der Waals surface area contributed by atoms with Gasteiger partial charge in [-0.1, -0.05) is 233 Å². The number of benzene rings is 2. The van der Waals surface area contributed by atoms with Gasteiger partial charge in [-0.3, -0.25) is 4.99 Å². The lowest BCUT2D eigenvalue weighted by Crippen LogP contribution is -2.12. The smallest absolute Gasteiger partial charge is 0.0848 e. The monoisotopic (exact) mass is 865 g/mol. The first kappa shape index (κ1) is 56.6. The van der Waals surface area contributed by atoms with Crippen LogP contribution in [0.4, 0.5) is 11.4 Å². The highest BCUT2D eigenvalue weighted by molar-refractivity contribution is 6.47. The average molecular weight is 866 g/mol. The Bertz CT molecular complexity index is 1390. The molecule has 2 heteroatoms. The highest BCUT2D eigenvalue weighted by Crippen LogP contribution is 2.26. The predicted molar refractivity (Wildman–Crippen MR) is 287 cm³/mol. The van der Waals surface area contributed by atoms with Gasteiger partial charge >= 0.3 is 0 Å². The van der Waals surface area contributed by atoms with Crippen molar-refractivity contribution in [1.29, 1.82) is 0 Å². The second-order valence-electron chi connectivity index (χ2n) is 19.6. The molecule has 358 valence electrons. The summed E-state index contributed by atoms with van der Waals surface area (Å²) in [5.74, 6) is 0. The third-order valence-corrected chi connectivity index (χ3v) is 13.2. The van der Waals surface area contributed by atoms with E-state index < -0.39 is 0 Å². The molecular formula is C61H104N2. The summed E-state index contributed by atoms with van der Waals surface area (Å²) < 4.78 is 0. The topological polar surface area (TPSA) is 24.7 Å². The van der Waals surface area contributed by atoms with E-state index in [0.29, 0.717) is 0 Å². The van der Waals surface area contributed by atoms with Gasteiger partial charge in [0.1, 0.15) is 0 Å². The molecule has 0 fully saturated rings. The quantitative estimate of drug-likeness (QED) is 0.0469. The zero-order chi connectivity index (χ0) is 45.3. The molecule has 2 aromatic carbocycles. The Morgan fingerprint density at radius 2 is 0.635 bits per heavy atom. The lowest BCUT2D eigenvalue weighted by atomic mass is 10.00. The van der Waals surface area contributed by atoms with Crippen LogP contribution in [-0.4, -0.2) is 11.4 Å². The summed E-state index contributed by atoms with van der Waals surface area (Å²) in [6.45, 7) is 13.8. The first-order chi connectivity index (χ1) is 31.1. The van der Waals surface area contributed by atoms with E-state index in [2.05, 4.69) is 90.1 Å². The van der Waals surface area contributed by atoms with Gasteiger partial charge in [0.25, 0.3) is 0 Å². The van der Waals surface area contributed by atoms with E-state index in [4.69, 9.17) is 9.98 Å². The fourth-order valence-corrected chi connectivity index (χ4v) is 9.06. The van der Waals surface area contributed by atoms with Gasteiger partial charge in [0, 0.05) is 0 Å². The molecule has 2 rings (SSSR count). The molecule has 2 nitrogen and oxygen atoms in total. The van der Waals surface area contributed by atoms with Crippen LogP contribution in [-0.2, 0) is 25.7 Å². The predicted octanol–water partition coefficient (Wildman–Crippen LogP) is 21.0. The highest BCUT2D eigenvalue weighted by Gasteiger charge is 2.12. The third-order valence-electron chi connectivity index (χ3n) is 13.2. The zero-order valence-electron chi connectivity index (χ0n) is 43.1. The van der Waals surface area contributed by atoms with Crippen LogP contribution in [0.15, 0.2) is 58.5 Å². The van der Waals surface area contributed by atoms with Crippen LogP contribution in [0.1, 0.15) is 289 Å². The van der Waals surface area contributed by atoms with Gasteiger partial charge in [0.15, 0.2) is 0 Å². The number of aliphatic imine (C=N–C) groups is 2. The molecule has 2 aromatic rings. The second-order valence-corrected chi connectivity index (χ2v) is 19.6. The third kappa shape index (κ3) is 30.4. The highest BCUT2D eigenvalue weighted by atomic mass is 14.8. The molecule has 0 saturated carbocycles. The lowest BCUT2D eigenvalue weighted by molar-refractivity contribution is 0.523. The second kappa shape index (κ2) is 41.0. The van der Waals surface area contributed by atoms with E-state index in [1.165, 1.54) is 240 Å². The molecule has 0 aliphatic heterocycles. The molecule has 63 heavy (non-hydrogen) atoms. The van der Waals surface area contributed by atoms with Crippen LogP contribution in [0, 0.1) is 0 Å². The van der Waals surface area contributed by atoms with Crippen LogP contribution >= 0.6 is 0 Å². The van der Waals surface area contributed by atoms with E-state index in [9.17, 15) is 0 Å². The van der Waals surface area contributed by atoms with Gasteiger partial charge in [0.2, 0.25) is 0 Å². The first-order valence-electron chi connectivity index (χ1n) is 28.1. The van der Waals surface area contributed by atoms with Crippen molar-refractivity contribution < 1.29 is 0 Å². The molecule has 0 amide bonds. The Kier molecular flexibility index (Phi) is 36.9. The molecular weight excluding hydrogens is 761 g/mol. The normalized spacial score (nSPS) is 12.3. The number of allylic oxidation sites excluding steroid dienone is 2. The zero-order valence-corrected chi connectivity index (χ0v) is 43.1. The van der Waals surface area contributed by atoms with Crippen LogP contribution in [0.3, 0.4) is 0 Å². The number of hydrogen-bond donors (Lipinski definition) is 0. The van der Waals surface area contributed by atoms with Gasteiger partial charge in [-0.15, -0.1) is 0 Å². The van der Waals surface area contributed by atoms with Gasteiger partial charge < -0.3 is 0 Å². The van der Waals surface area contributed by atoms with E-state index in [1.54, 1.807) is 0 Å². The van der Waals surface area contributed by atoms with E-state index in [-0.39, 0.29) is 0 Å². The standard InChI is InChI=1S/C61H104N2/c1-7-13-19-21-23-24-25-26-27-28-29-30-31-32-33-34-35-36-37-39-41-47-61(63-59-52-56(44-17-11-5)49-57(53-59)45-18-12-6)60(46-40-38-22-20-14-8-2)62-58-50-54(42-15-9-3)48-55(51-58)43-16-10-4/h41,47-53H,7-40,42-46H2,1-6H3. The van der Waals surface area contributed by atoms with Crippen LogP contribution in [0.25, 0.3) is 0 Å². The fourth-order valence-electron chi connectivity index (χ4n) is 9.06. The molecule has 0 unspecified atom stereocenters. The fraction of sp³-hybridized carbons (Fsp3) is 0.738. The van der Waals surface area contributed by atoms with Gasteiger partial charge in [-0.2, -0.15) is 0 Å². The van der Waals surface area contributed by atoms with Crippen LogP contribution in [0.2, 0.25) is 0 Å². The van der Waals surface area contributed by atoms with E-state index in [0.717, 1.165) is 55.6 Å².